The van der Waals surface area contributed by atoms with E-state index in [2.05, 4.69) is 0 Å². The Balaban J connectivity index is 1.85. The van der Waals surface area contributed by atoms with Crippen molar-refractivity contribution in [2.75, 3.05) is 27.7 Å². The Morgan fingerprint density at radius 3 is 2.63 bits per heavy atom. The molecule has 3 rings (SSSR count). The summed E-state index contributed by atoms with van der Waals surface area (Å²) in [5.41, 5.74) is 2.41. The molecule has 6 nitrogen and oxygen atoms in total. The van der Waals surface area contributed by atoms with Gasteiger partial charge in [0.25, 0.3) is 0 Å². The first-order valence-corrected chi connectivity index (χ1v) is 11.0. The zero-order chi connectivity index (χ0) is 22.1. The first-order valence-electron chi connectivity index (χ1n) is 9.52. The molecule has 0 saturated heterocycles. The maximum Gasteiger partial charge on any atom is 0.247 e. The van der Waals surface area contributed by atoms with Crippen molar-refractivity contribution in [3.63, 3.8) is 0 Å². The Hall–Kier alpha value is -2.71. The Morgan fingerprint density at radius 1 is 1.23 bits per heavy atom. The van der Waals surface area contributed by atoms with E-state index in [-0.39, 0.29) is 28.4 Å². The molecule has 0 radical (unpaired) electrons. The minimum atomic E-state index is -3.70. The summed E-state index contributed by atoms with van der Waals surface area (Å²) < 4.78 is 45.0. The third-order valence-electron chi connectivity index (χ3n) is 5.30. The van der Waals surface area contributed by atoms with Gasteiger partial charge in [-0.2, -0.15) is 0 Å². The number of ether oxygens (including phenoxy) is 1. The molecular weight excluding hydrogens is 407 g/mol. The fourth-order valence-electron chi connectivity index (χ4n) is 3.54. The molecule has 0 saturated carbocycles. The number of halogens is 1. The molecular formula is C22H25FN2O4S. The molecule has 0 fully saturated rings. The average Bonchev–Trinajstić information content (AvgIpc) is 2.72. The van der Waals surface area contributed by atoms with Crippen molar-refractivity contribution in [3.05, 3.63) is 65.0 Å². The van der Waals surface area contributed by atoms with E-state index in [1.807, 2.05) is 6.92 Å². The van der Waals surface area contributed by atoms with Crippen LogP contribution >= 0.6 is 0 Å². The lowest BCUT2D eigenvalue weighted by Gasteiger charge is -2.34. The third kappa shape index (κ3) is 4.24. The Morgan fingerprint density at radius 2 is 1.97 bits per heavy atom. The van der Waals surface area contributed by atoms with Gasteiger partial charge in [-0.05, 0) is 60.4 Å². The molecule has 1 heterocycles. The topological polar surface area (TPSA) is 66.9 Å². The number of nitrogens with zero attached hydrogens (tertiary/aromatic N) is 2. The van der Waals surface area contributed by atoms with Crippen LogP contribution in [0.15, 0.2) is 47.4 Å². The van der Waals surface area contributed by atoms with Gasteiger partial charge in [0.2, 0.25) is 15.9 Å². The van der Waals surface area contributed by atoms with E-state index < -0.39 is 10.0 Å². The van der Waals surface area contributed by atoms with E-state index in [0.717, 1.165) is 15.4 Å². The standard InChI is InChI=1S/C22H25FN2O4S/c1-15-19-14-18(23)8-7-17(19)11-12-25(15)22(26)10-6-16-5-9-20(29-4)21(13-16)30(27,28)24(2)3/h5-10,13-15H,11-12H2,1-4H3/b10-6+. The largest absolute Gasteiger partial charge is 0.495 e. The first-order chi connectivity index (χ1) is 14.1. The number of benzene rings is 2. The quantitative estimate of drug-likeness (QED) is 0.681. The van der Waals surface area contributed by atoms with Crippen LogP contribution in [0.5, 0.6) is 5.75 Å². The normalized spacial score (nSPS) is 16.7. The SMILES string of the molecule is COc1ccc(/C=C/C(=O)N2CCc3ccc(F)cc3C2C)cc1S(=O)(=O)N(C)C. The Bertz CT molecular complexity index is 1100. The van der Waals surface area contributed by atoms with Crippen LogP contribution in [0.3, 0.4) is 0 Å². The number of methoxy groups -OCH3 is 1. The fraction of sp³-hybridized carbons (Fsp3) is 0.318. The summed E-state index contributed by atoms with van der Waals surface area (Å²) in [4.78, 5) is 14.5. The predicted molar refractivity (Wildman–Crippen MR) is 113 cm³/mol. The highest BCUT2D eigenvalue weighted by Gasteiger charge is 2.27. The van der Waals surface area contributed by atoms with Gasteiger partial charge in [0, 0.05) is 26.7 Å². The van der Waals surface area contributed by atoms with E-state index in [1.165, 1.54) is 45.5 Å². The van der Waals surface area contributed by atoms with Crippen LogP contribution in [-0.2, 0) is 21.2 Å². The molecule has 0 spiro atoms. The lowest BCUT2D eigenvalue weighted by Crippen LogP contribution is -2.37. The zero-order valence-electron chi connectivity index (χ0n) is 17.4. The zero-order valence-corrected chi connectivity index (χ0v) is 18.2. The molecule has 1 unspecified atom stereocenters. The molecule has 0 aromatic heterocycles. The number of sulfonamides is 1. The van der Waals surface area contributed by atoms with Crippen LogP contribution in [0.1, 0.15) is 29.7 Å². The summed E-state index contributed by atoms with van der Waals surface area (Å²) in [6.07, 6.45) is 3.65. The van der Waals surface area contributed by atoms with E-state index in [9.17, 15) is 17.6 Å². The maximum atomic E-state index is 13.6. The van der Waals surface area contributed by atoms with Crippen LogP contribution in [0.25, 0.3) is 6.08 Å². The van der Waals surface area contributed by atoms with Gasteiger partial charge in [0.15, 0.2) is 0 Å². The molecule has 2 aromatic carbocycles. The van der Waals surface area contributed by atoms with Crippen molar-refractivity contribution < 1.29 is 22.3 Å². The molecule has 1 amide bonds. The van der Waals surface area contributed by atoms with E-state index in [4.69, 9.17) is 4.74 Å². The van der Waals surface area contributed by atoms with Crippen LogP contribution in [0.4, 0.5) is 4.39 Å². The summed E-state index contributed by atoms with van der Waals surface area (Å²) in [6.45, 7) is 2.41. The van der Waals surface area contributed by atoms with E-state index >= 15 is 0 Å². The molecule has 30 heavy (non-hydrogen) atoms. The highest BCUT2D eigenvalue weighted by atomic mass is 32.2. The molecule has 8 heteroatoms. The second-order valence-electron chi connectivity index (χ2n) is 7.33. The van der Waals surface area contributed by atoms with Crippen molar-refractivity contribution in [1.29, 1.82) is 0 Å². The summed E-state index contributed by atoms with van der Waals surface area (Å²) in [5, 5.41) is 0. The Kier molecular flexibility index (Phi) is 6.28. The van der Waals surface area contributed by atoms with Gasteiger partial charge in [-0.15, -0.1) is 0 Å². The van der Waals surface area contributed by atoms with Gasteiger partial charge in [-0.1, -0.05) is 12.1 Å². The lowest BCUT2D eigenvalue weighted by molar-refractivity contribution is -0.128. The van der Waals surface area contributed by atoms with Crippen molar-refractivity contribution in [2.24, 2.45) is 0 Å². The van der Waals surface area contributed by atoms with Crippen molar-refractivity contribution in [1.82, 2.24) is 9.21 Å². The molecule has 0 bridgehead atoms. The second kappa shape index (κ2) is 8.57. The molecule has 1 aliphatic rings. The van der Waals surface area contributed by atoms with Gasteiger partial charge in [-0.3, -0.25) is 4.79 Å². The molecule has 2 aromatic rings. The van der Waals surface area contributed by atoms with Crippen LogP contribution in [0, 0.1) is 5.82 Å². The van der Waals surface area contributed by atoms with Gasteiger partial charge >= 0.3 is 0 Å². The summed E-state index contributed by atoms with van der Waals surface area (Å²) >= 11 is 0. The van der Waals surface area contributed by atoms with Gasteiger partial charge in [0.05, 0.1) is 13.2 Å². The summed E-state index contributed by atoms with van der Waals surface area (Å²) in [6, 6.07) is 9.15. The highest BCUT2D eigenvalue weighted by molar-refractivity contribution is 7.89. The van der Waals surface area contributed by atoms with Crippen LogP contribution < -0.4 is 4.74 Å². The fourth-order valence-corrected chi connectivity index (χ4v) is 4.63. The van der Waals surface area contributed by atoms with Gasteiger partial charge < -0.3 is 9.64 Å². The second-order valence-corrected chi connectivity index (χ2v) is 9.45. The number of carbonyl (C=O) groups excluding carboxylic acids is 1. The number of hydrogen-bond acceptors (Lipinski definition) is 4. The van der Waals surface area contributed by atoms with Crippen molar-refractivity contribution in [3.8, 4) is 5.75 Å². The molecule has 1 aliphatic heterocycles. The van der Waals surface area contributed by atoms with Gasteiger partial charge in [-0.25, -0.2) is 17.1 Å². The van der Waals surface area contributed by atoms with Crippen molar-refractivity contribution >= 4 is 22.0 Å². The minimum Gasteiger partial charge on any atom is -0.495 e. The third-order valence-corrected chi connectivity index (χ3v) is 7.13. The molecule has 0 N–H and O–H groups in total. The first kappa shape index (κ1) is 22.0. The van der Waals surface area contributed by atoms with E-state index in [0.29, 0.717) is 18.5 Å². The summed E-state index contributed by atoms with van der Waals surface area (Å²) in [7, 11) is 0.588. The van der Waals surface area contributed by atoms with Gasteiger partial charge in [0.1, 0.15) is 16.5 Å². The number of hydrogen-bond donors (Lipinski definition) is 0. The predicted octanol–water partition coefficient (Wildman–Crippen LogP) is 3.24. The lowest BCUT2D eigenvalue weighted by atomic mass is 9.93. The Labute approximate surface area is 176 Å². The van der Waals surface area contributed by atoms with Crippen molar-refractivity contribution in [2.45, 2.75) is 24.3 Å². The number of carbonyl (C=O) groups is 1. The average molecular weight is 433 g/mol. The van der Waals surface area contributed by atoms with Crippen LogP contribution in [0.2, 0.25) is 0 Å². The highest BCUT2D eigenvalue weighted by Crippen LogP contribution is 2.31. The molecule has 0 aliphatic carbocycles. The monoisotopic (exact) mass is 432 g/mol. The minimum absolute atomic E-state index is 0.0281. The molecule has 160 valence electrons. The smallest absolute Gasteiger partial charge is 0.247 e. The molecule has 1 atom stereocenters. The number of rotatable bonds is 5. The summed E-state index contributed by atoms with van der Waals surface area (Å²) in [5.74, 6) is -0.306. The van der Waals surface area contributed by atoms with E-state index in [1.54, 1.807) is 29.2 Å². The number of fused-ring (bicyclic) bond motifs is 1. The van der Waals surface area contributed by atoms with Crippen LogP contribution in [-0.4, -0.2) is 51.3 Å². The maximum absolute atomic E-state index is 13.6. The number of amides is 1.